The van der Waals surface area contributed by atoms with E-state index in [1.54, 1.807) is 60.7 Å². The van der Waals surface area contributed by atoms with Gasteiger partial charge < -0.3 is 24.3 Å². The molecular weight excluding hydrogens is 484 g/mol. The molecular formula is C26H22N2O7S. The summed E-state index contributed by atoms with van der Waals surface area (Å²) in [5.74, 6) is -0.460. The molecule has 184 valence electrons. The van der Waals surface area contributed by atoms with E-state index >= 15 is 0 Å². The van der Waals surface area contributed by atoms with E-state index in [9.17, 15) is 18.0 Å². The number of urea groups is 1. The average molecular weight is 507 g/mol. The van der Waals surface area contributed by atoms with Crippen molar-refractivity contribution in [2.24, 2.45) is 0 Å². The lowest BCUT2D eigenvalue weighted by molar-refractivity contribution is 0.0599. The average Bonchev–Trinajstić information content (AvgIpc) is 2.88. The van der Waals surface area contributed by atoms with Crippen LogP contribution in [-0.4, -0.2) is 34.6 Å². The molecule has 10 heteroatoms. The summed E-state index contributed by atoms with van der Waals surface area (Å²) in [5, 5.41) is 6.41. The van der Waals surface area contributed by atoms with E-state index in [-0.39, 0.29) is 21.9 Å². The number of rotatable bonds is 7. The van der Waals surface area contributed by atoms with Crippen molar-refractivity contribution in [3.63, 3.8) is 0 Å². The number of anilines is 2. The molecule has 0 aliphatic carbocycles. The molecule has 0 spiro atoms. The van der Waals surface area contributed by atoms with Gasteiger partial charge in [0, 0.05) is 22.8 Å². The number of methoxy groups -OCH3 is 2. The van der Waals surface area contributed by atoms with Crippen molar-refractivity contribution in [1.82, 2.24) is 0 Å². The lowest BCUT2D eigenvalue weighted by Gasteiger charge is -2.14. The van der Waals surface area contributed by atoms with Crippen LogP contribution in [-0.2, 0) is 14.9 Å². The van der Waals surface area contributed by atoms with E-state index in [1.807, 2.05) is 0 Å². The first kappa shape index (κ1) is 24.6. The van der Waals surface area contributed by atoms with Gasteiger partial charge in [-0.2, -0.15) is 8.42 Å². The monoisotopic (exact) mass is 506 g/mol. The van der Waals surface area contributed by atoms with Crippen molar-refractivity contribution in [3.8, 4) is 11.5 Å². The van der Waals surface area contributed by atoms with Crippen molar-refractivity contribution in [1.29, 1.82) is 0 Å². The molecule has 0 saturated heterocycles. The molecule has 2 N–H and O–H groups in total. The number of hydrogen-bond acceptors (Lipinski definition) is 7. The van der Waals surface area contributed by atoms with Crippen molar-refractivity contribution in [2.75, 3.05) is 24.9 Å². The number of fused-ring (bicyclic) bond motifs is 1. The van der Waals surface area contributed by atoms with E-state index in [0.717, 1.165) is 0 Å². The second-order valence-corrected chi connectivity index (χ2v) is 9.04. The number of amides is 2. The lowest BCUT2D eigenvalue weighted by Crippen LogP contribution is -2.20. The maximum Gasteiger partial charge on any atom is 0.341 e. The minimum absolute atomic E-state index is 0.0629. The Kier molecular flexibility index (Phi) is 7.07. The van der Waals surface area contributed by atoms with Crippen molar-refractivity contribution >= 4 is 44.3 Å². The highest BCUT2D eigenvalue weighted by Crippen LogP contribution is 2.30. The molecule has 0 unspecified atom stereocenters. The number of nitrogens with one attached hydrogen (secondary N) is 2. The minimum Gasteiger partial charge on any atom is -0.497 e. The fourth-order valence-electron chi connectivity index (χ4n) is 3.49. The first-order valence-electron chi connectivity index (χ1n) is 10.7. The molecule has 9 nitrogen and oxygen atoms in total. The Morgan fingerprint density at radius 3 is 2.17 bits per heavy atom. The van der Waals surface area contributed by atoms with Crippen molar-refractivity contribution in [2.45, 2.75) is 4.90 Å². The van der Waals surface area contributed by atoms with Gasteiger partial charge in [-0.15, -0.1) is 0 Å². The van der Waals surface area contributed by atoms with Crippen molar-refractivity contribution < 1.29 is 31.7 Å². The molecule has 0 radical (unpaired) electrons. The summed E-state index contributed by atoms with van der Waals surface area (Å²) in [4.78, 5) is 24.7. The highest BCUT2D eigenvalue weighted by molar-refractivity contribution is 7.87. The first-order valence-corrected chi connectivity index (χ1v) is 12.1. The van der Waals surface area contributed by atoms with E-state index in [4.69, 9.17) is 13.7 Å². The molecule has 0 saturated carbocycles. The van der Waals surface area contributed by atoms with Gasteiger partial charge in [-0.05, 0) is 47.9 Å². The summed E-state index contributed by atoms with van der Waals surface area (Å²) in [5.41, 5.74) is 0.577. The molecule has 0 fully saturated rings. The summed E-state index contributed by atoms with van der Waals surface area (Å²) in [7, 11) is -1.65. The zero-order valence-corrected chi connectivity index (χ0v) is 20.2. The van der Waals surface area contributed by atoms with E-state index in [0.29, 0.717) is 22.2 Å². The Bertz CT molecular complexity index is 1530. The fourth-order valence-corrected chi connectivity index (χ4v) is 4.66. The summed E-state index contributed by atoms with van der Waals surface area (Å²) in [6.45, 7) is 0. The van der Waals surface area contributed by atoms with E-state index in [1.165, 1.54) is 38.5 Å². The van der Waals surface area contributed by atoms with E-state index < -0.39 is 22.1 Å². The van der Waals surface area contributed by atoms with Gasteiger partial charge in [0.1, 0.15) is 16.2 Å². The number of benzene rings is 4. The van der Waals surface area contributed by atoms with Gasteiger partial charge >= 0.3 is 22.1 Å². The van der Waals surface area contributed by atoms with Crippen LogP contribution in [0.5, 0.6) is 11.5 Å². The van der Waals surface area contributed by atoms with Crippen molar-refractivity contribution in [3.05, 3.63) is 90.5 Å². The van der Waals surface area contributed by atoms with Gasteiger partial charge in [0.2, 0.25) is 0 Å². The van der Waals surface area contributed by atoms with Gasteiger partial charge in [0.15, 0.2) is 5.75 Å². The molecule has 4 aromatic rings. The topological polar surface area (TPSA) is 120 Å². The van der Waals surface area contributed by atoms with Crippen LogP contribution in [0.15, 0.2) is 89.8 Å². The maximum atomic E-state index is 13.2. The summed E-state index contributed by atoms with van der Waals surface area (Å²) < 4.78 is 41.7. The number of ether oxygens (including phenoxy) is 2. The highest BCUT2D eigenvalue weighted by atomic mass is 32.2. The molecule has 0 aliphatic rings. The SMILES string of the molecule is COC(=O)c1ccc(NC(=O)Nc2ccc(OC)cc2)cc1OS(=O)(=O)c1cccc2ccccc12. The fraction of sp³-hybridized carbons (Fsp3) is 0.0769. The third kappa shape index (κ3) is 5.39. The molecule has 0 bridgehead atoms. The molecule has 36 heavy (non-hydrogen) atoms. The van der Waals surface area contributed by atoms with Gasteiger partial charge in [-0.25, -0.2) is 9.59 Å². The van der Waals surface area contributed by atoms with Crippen LogP contribution in [0.4, 0.5) is 16.2 Å². The lowest BCUT2D eigenvalue weighted by atomic mass is 10.1. The second kappa shape index (κ2) is 10.4. The maximum absolute atomic E-state index is 13.2. The second-order valence-electron chi connectivity index (χ2n) is 7.52. The largest absolute Gasteiger partial charge is 0.497 e. The minimum atomic E-state index is -4.35. The number of hydrogen-bond donors (Lipinski definition) is 2. The van der Waals surface area contributed by atoms with Crippen LogP contribution in [0.2, 0.25) is 0 Å². The van der Waals surface area contributed by atoms with Crippen LogP contribution in [0.25, 0.3) is 10.8 Å². The summed E-state index contributed by atoms with van der Waals surface area (Å²) in [6, 6.07) is 21.8. The predicted molar refractivity (Wildman–Crippen MR) is 135 cm³/mol. The predicted octanol–water partition coefficient (Wildman–Crippen LogP) is 5.05. The van der Waals surface area contributed by atoms with Crippen LogP contribution in [0.1, 0.15) is 10.4 Å². The third-order valence-corrected chi connectivity index (χ3v) is 6.50. The number of carbonyl (C=O) groups is 2. The third-order valence-electron chi connectivity index (χ3n) is 5.21. The Morgan fingerprint density at radius 1 is 0.778 bits per heavy atom. The number of carbonyl (C=O) groups excluding carboxylic acids is 2. The highest BCUT2D eigenvalue weighted by Gasteiger charge is 2.24. The molecule has 0 heterocycles. The first-order chi connectivity index (χ1) is 17.3. The summed E-state index contributed by atoms with van der Waals surface area (Å²) in [6.07, 6.45) is 0. The Hall–Kier alpha value is -4.57. The molecule has 2 amide bonds. The van der Waals surface area contributed by atoms with Gasteiger partial charge in [-0.3, -0.25) is 0 Å². The van der Waals surface area contributed by atoms with Gasteiger partial charge in [0.25, 0.3) is 0 Å². The Morgan fingerprint density at radius 2 is 1.44 bits per heavy atom. The molecule has 4 rings (SSSR count). The molecule has 0 aromatic heterocycles. The van der Waals surface area contributed by atoms with Crippen LogP contribution in [0.3, 0.4) is 0 Å². The molecule has 0 atom stereocenters. The van der Waals surface area contributed by atoms with Crippen LogP contribution < -0.4 is 19.6 Å². The quantitative estimate of drug-likeness (QED) is 0.266. The van der Waals surface area contributed by atoms with E-state index in [2.05, 4.69) is 10.6 Å². The van der Waals surface area contributed by atoms with Crippen LogP contribution >= 0.6 is 0 Å². The Labute approximate surface area is 207 Å². The van der Waals surface area contributed by atoms with Gasteiger partial charge in [0.05, 0.1) is 14.2 Å². The zero-order valence-electron chi connectivity index (χ0n) is 19.3. The summed E-state index contributed by atoms with van der Waals surface area (Å²) >= 11 is 0. The standard InChI is InChI=1S/C26H22N2O7S/c1-33-20-13-10-18(11-14-20)27-26(30)28-19-12-15-22(25(29)34-2)23(16-19)35-36(31,32)24-9-5-7-17-6-3-4-8-21(17)24/h3-16H,1-2H3,(H2,27,28,30). The smallest absolute Gasteiger partial charge is 0.341 e. The Balaban J connectivity index is 1.62. The van der Waals surface area contributed by atoms with Crippen LogP contribution in [0, 0.1) is 0 Å². The normalized spacial score (nSPS) is 10.9. The zero-order chi connectivity index (χ0) is 25.7. The van der Waals surface area contributed by atoms with Gasteiger partial charge in [-0.1, -0.05) is 36.4 Å². The number of esters is 1. The molecule has 4 aromatic carbocycles. The molecule has 0 aliphatic heterocycles.